The van der Waals surface area contributed by atoms with Crippen LogP contribution in [0, 0.1) is 6.92 Å². The summed E-state index contributed by atoms with van der Waals surface area (Å²) in [6, 6.07) is 0. The molecule has 0 saturated carbocycles. The minimum Gasteiger partial charge on any atom is -0.360 e. The molecule has 0 amide bonds. The van der Waals surface area contributed by atoms with Gasteiger partial charge in [-0.05, 0) is 6.92 Å². The third-order valence-corrected chi connectivity index (χ3v) is 3.67. The van der Waals surface area contributed by atoms with E-state index < -0.39 is 0 Å². The first-order valence-electron chi connectivity index (χ1n) is 4.62. The topological polar surface area (TPSA) is 31.9 Å². The SMILES string of the molecule is Cc1[nH]cnc1CSCCN(C)C(=S)S. The van der Waals surface area contributed by atoms with Gasteiger partial charge in [0.25, 0.3) is 0 Å². The molecule has 0 spiro atoms. The van der Waals surface area contributed by atoms with Crippen molar-refractivity contribution in [3.8, 4) is 0 Å². The predicted molar refractivity (Wildman–Crippen MR) is 73.7 cm³/mol. The highest BCUT2D eigenvalue weighted by Gasteiger charge is 2.02. The van der Waals surface area contributed by atoms with Crippen LogP contribution in [0.15, 0.2) is 6.33 Å². The second-order valence-corrected chi connectivity index (χ2v) is 5.45. The molecule has 84 valence electrons. The van der Waals surface area contributed by atoms with Crippen molar-refractivity contribution in [2.24, 2.45) is 0 Å². The van der Waals surface area contributed by atoms with Crippen molar-refractivity contribution in [2.75, 3.05) is 19.3 Å². The number of hydrogen-bond acceptors (Lipinski definition) is 3. The molecule has 0 bridgehead atoms. The molecule has 3 nitrogen and oxygen atoms in total. The fourth-order valence-corrected chi connectivity index (χ4v) is 2.22. The molecule has 0 saturated heterocycles. The smallest absolute Gasteiger partial charge is 0.133 e. The molecule has 0 unspecified atom stereocenters. The van der Waals surface area contributed by atoms with Crippen molar-refractivity contribution in [1.29, 1.82) is 0 Å². The number of nitrogens with one attached hydrogen (secondary N) is 1. The maximum atomic E-state index is 4.93. The summed E-state index contributed by atoms with van der Waals surface area (Å²) in [7, 11) is 1.95. The van der Waals surface area contributed by atoms with Crippen LogP contribution in [0.1, 0.15) is 11.4 Å². The number of thiol groups is 1. The number of aryl methyl sites for hydroxylation is 1. The highest BCUT2D eigenvalue weighted by Crippen LogP contribution is 2.12. The maximum Gasteiger partial charge on any atom is 0.133 e. The van der Waals surface area contributed by atoms with Crippen LogP contribution >= 0.6 is 36.6 Å². The Morgan fingerprint density at radius 2 is 2.47 bits per heavy atom. The van der Waals surface area contributed by atoms with E-state index in [-0.39, 0.29) is 0 Å². The molecule has 1 rings (SSSR count). The van der Waals surface area contributed by atoms with Crippen LogP contribution in [0.25, 0.3) is 0 Å². The first-order valence-corrected chi connectivity index (χ1v) is 6.63. The minimum absolute atomic E-state index is 0.645. The Morgan fingerprint density at radius 1 is 1.73 bits per heavy atom. The van der Waals surface area contributed by atoms with Gasteiger partial charge >= 0.3 is 0 Å². The molecule has 0 fully saturated rings. The van der Waals surface area contributed by atoms with Gasteiger partial charge < -0.3 is 9.88 Å². The first-order chi connectivity index (χ1) is 7.11. The lowest BCUT2D eigenvalue weighted by atomic mass is 10.4. The van der Waals surface area contributed by atoms with Gasteiger partial charge in [-0.3, -0.25) is 0 Å². The van der Waals surface area contributed by atoms with Gasteiger partial charge in [0, 0.05) is 30.8 Å². The second-order valence-electron chi connectivity index (χ2n) is 3.23. The lowest BCUT2D eigenvalue weighted by Gasteiger charge is -2.15. The van der Waals surface area contributed by atoms with Gasteiger partial charge in [0.2, 0.25) is 0 Å². The summed E-state index contributed by atoms with van der Waals surface area (Å²) in [4.78, 5) is 9.27. The zero-order valence-electron chi connectivity index (χ0n) is 8.86. The Bertz CT molecular complexity index is 324. The van der Waals surface area contributed by atoms with Crippen molar-refractivity contribution in [1.82, 2.24) is 14.9 Å². The second kappa shape index (κ2) is 6.40. The van der Waals surface area contributed by atoms with Gasteiger partial charge in [-0.25, -0.2) is 4.98 Å². The normalized spacial score (nSPS) is 10.3. The Morgan fingerprint density at radius 3 is 3.00 bits per heavy atom. The van der Waals surface area contributed by atoms with E-state index in [0.717, 1.165) is 29.4 Å². The molecule has 1 heterocycles. The third kappa shape index (κ3) is 4.44. The summed E-state index contributed by atoms with van der Waals surface area (Å²) in [5.74, 6) is 1.98. The van der Waals surface area contributed by atoms with E-state index in [0.29, 0.717) is 4.32 Å². The first kappa shape index (κ1) is 12.9. The molecular formula is C9H15N3S3. The summed E-state index contributed by atoms with van der Waals surface area (Å²) in [6.07, 6.45) is 1.74. The molecule has 1 aromatic heterocycles. The van der Waals surface area contributed by atoms with Crippen molar-refractivity contribution in [3.63, 3.8) is 0 Å². The monoisotopic (exact) mass is 261 g/mol. The number of imidazole rings is 1. The highest BCUT2D eigenvalue weighted by molar-refractivity contribution is 8.10. The van der Waals surface area contributed by atoms with Gasteiger partial charge in [-0.1, -0.05) is 12.2 Å². The summed E-state index contributed by atoms with van der Waals surface area (Å²) >= 11 is 10.9. The molecule has 0 aliphatic rings. The zero-order chi connectivity index (χ0) is 11.3. The number of nitrogens with zero attached hydrogens (tertiary/aromatic N) is 2. The van der Waals surface area contributed by atoms with Gasteiger partial charge in [0.05, 0.1) is 12.0 Å². The Labute approximate surface area is 105 Å². The molecule has 0 aliphatic carbocycles. The quantitative estimate of drug-likeness (QED) is 0.483. The average Bonchev–Trinajstić information content (AvgIpc) is 2.58. The van der Waals surface area contributed by atoms with Crippen LogP contribution in [0.2, 0.25) is 0 Å². The molecule has 0 radical (unpaired) electrons. The van der Waals surface area contributed by atoms with Crippen LogP contribution < -0.4 is 0 Å². The zero-order valence-corrected chi connectivity index (χ0v) is 11.4. The fraction of sp³-hybridized carbons (Fsp3) is 0.556. The van der Waals surface area contributed by atoms with Crippen molar-refractivity contribution in [2.45, 2.75) is 12.7 Å². The van der Waals surface area contributed by atoms with Crippen LogP contribution in [-0.2, 0) is 5.75 Å². The predicted octanol–water partition coefficient (Wildman–Crippen LogP) is 2.10. The van der Waals surface area contributed by atoms with Crippen LogP contribution in [0.4, 0.5) is 0 Å². The summed E-state index contributed by atoms with van der Waals surface area (Å²) in [5, 5.41) is 0. The molecule has 1 N–H and O–H groups in total. The maximum absolute atomic E-state index is 4.93. The molecule has 0 aliphatic heterocycles. The number of thiocarbonyl (C=S) groups is 1. The lowest BCUT2D eigenvalue weighted by molar-refractivity contribution is 0.560. The molecule has 6 heteroatoms. The number of H-pyrrole nitrogens is 1. The Kier molecular flexibility index (Phi) is 5.49. The largest absolute Gasteiger partial charge is 0.360 e. The van der Waals surface area contributed by atoms with Crippen molar-refractivity contribution >= 4 is 40.9 Å². The van der Waals surface area contributed by atoms with E-state index in [1.54, 1.807) is 6.33 Å². The van der Waals surface area contributed by atoms with E-state index in [1.807, 2.05) is 30.6 Å². The number of hydrogen-bond donors (Lipinski definition) is 2. The number of rotatable bonds is 5. The fourth-order valence-electron chi connectivity index (χ4n) is 0.999. The van der Waals surface area contributed by atoms with Gasteiger partial charge in [-0.15, -0.1) is 12.6 Å². The van der Waals surface area contributed by atoms with E-state index in [1.165, 1.54) is 0 Å². The summed E-state index contributed by atoms with van der Waals surface area (Å²) in [5.41, 5.74) is 2.29. The van der Waals surface area contributed by atoms with Crippen molar-refractivity contribution in [3.05, 3.63) is 17.7 Å². The molecule has 0 atom stereocenters. The van der Waals surface area contributed by atoms with E-state index in [2.05, 4.69) is 22.6 Å². The third-order valence-electron chi connectivity index (χ3n) is 2.07. The molecule has 0 aromatic carbocycles. The number of aromatic amines is 1. The molecule has 15 heavy (non-hydrogen) atoms. The Hall–Kier alpha value is -0.200. The standard InChI is InChI=1S/C9H15N3S3/c1-7-8(11-6-10-7)5-15-4-3-12(2)9(13)14/h6H,3-5H2,1-2H3,(H,10,11)(H,13,14). The van der Waals surface area contributed by atoms with Gasteiger partial charge in [0.15, 0.2) is 0 Å². The summed E-state index contributed by atoms with van der Waals surface area (Å²) in [6.45, 7) is 2.97. The number of thioether (sulfide) groups is 1. The Balaban J connectivity index is 2.17. The van der Waals surface area contributed by atoms with Crippen molar-refractivity contribution < 1.29 is 0 Å². The van der Waals surface area contributed by atoms with E-state index in [9.17, 15) is 0 Å². The van der Waals surface area contributed by atoms with Crippen LogP contribution in [0.3, 0.4) is 0 Å². The summed E-state index contributed by atoms with van der Waals surface area (Å²) < 4.78 is 0.645. The van der Waals surface area contributed by atoms with Crippen LogP contribution in [0.5, 0.6) is 0 Å². The van der Waals surface area contributed by atoms with E-state index >= 15 is 0 Å². The molecule has 1 aromatic rings. The average molecular weight is 261 g/mol. The highest BCUT2D eigenvalue weighted by atomic mass is 32.2. The number of aromatic nitrogens is 2. The van der Waals surface area contributed by atoms with Crippen LogP contribution in [-0.4, -0.2) is 38.5 Å². The minimum atomic E-state index is 0.645. The van der Waals surface area contributed by atoms with Gasteiger partial charge in [-0.2, -0.15) is 11.8 Å². The van der Waals surface area contributed by atoms with Gasteiger partial charge in [0.1, 0.15) is 4.32 Å². The van der Waals surface area contributed by atoms with E-state index in [4.69, 9.17) is 12.2 Å². The lowest BCUT2D eigenvalue weighted by Crippen LogP contribution is -2.23. The molecular weight excluding hydrogens is 246 g/mol.